The second-order valence-electron chi connectivity index (χ2n) is 4.46. The molecule has 2 unspecified atom stereocenters. The van der Waals surface area contributed by atoms with Crippen LogP contribution in [-0.4, -0.2) is 4.83 Å². The Bertz CT molecular complexity index is 345. The van der Waals surface area contributed by atoms with E-state index in [9.17, 15) is 8.78 Å². The number of alkyl halides is 1. The predicted octanol–water partition coefficient (Wildman–Crippen LogP) is 4.78. The van der Waals surface area contributed by atoms with Gasteiger partial charge in [-0.05, 0) is 36.5 Å². The van der Waals surface area contributed by atoms with Crippen LogP contribution in [0, 0.1) is 11.6 Å². The molecule has 0 radical (unpaired) electrons. The van der Waals surface area contributed by atoms with Gasteiger partial charge in [0.2, 0.25) is 0 Å². The third-order valence-corrected chi connectivity index (χ3v) is 4.34. The molecule has 1 aromatic carbocycles. The molecule has 16 heavy (non-hydrogen) atoms. The van der Waals surface area contributed by atoms with E-state index in [0.29, 0.717) is 4.83 Å². The van der Waals surface area contributed by atoms with Crippen molar-refractivity contribution in [2.75, 3.05) is 0 Å². The van der Waals surface area contributed by atoms with Gasteiger partial charge in [0.25, 0.3) is 0 Å². The van der Waals surface area contributed by atoms with Crippen LogP contribution in [-0.2, 0) is 0 Å². The Labute approximate surface area is 103 Å². The average Bonchev–Trinajstić information content (AvgIpc) is 2.41. The largest absolute Gasteiger partial charge is 0.207 e. The minimum Gasteiger partial charge on any atom is -0.207 e. The van der Waals surface area contributed by atoms with Gasteiger partial charge in [-0.25, -0.2) is 8.78 Å². The van der Waals surface area contributed by atoms with Crippen LogP contribution >= 0.6 is 15.9 Å². The molecule has 0 aliphatic heterocycles. The van der Waals surface area contributed by atoms with Gasteiger partial charge in [-0.3, -0.25) is 0 Å². The van der Waals surface area contributed by atoms with Crippen molar-refractivity contribution in [2.24, 2.45) is 0 Å². The molecule has 88 valence electrons. The first kappa shape index (κ1) is 12.0. The van der Waals surface area contributed by atoms with Crippen LogP contribution in [0.1, 0.15) is 43.6 Å². The van der Waals surface area contributed by atoms with Crippen molar-refractivity contribution < 1.29 is 8.78 Å². The van der Waals surface area contributed by atoms with Gasteiger partial charge < -0.3 is 0 Å². The minimum atomic E-state index is -0.473. The predicted molar refractivity (Wildman–Crippen MR) is 64.9 cm³/mol. The van der Waals surface area contributed by atoms with E-state index in [1.165, 1.54) is 25.0 Å². The van der Waals surface area contributed by atoms with Crippen molar-refractivity contribution >= 4 is 15.9 Å². The monoisotopic (exact) mass is 288 g/mol. The van der Waals surface area contributed by atoms with Crippen LogP contribution in [0.15, 0.2) is 18.2 Å². The van der Waals surface area contributed by atoms with Crippen LogP contribution in [0.2, 0.25) is 0 Å². The molecule has 0 bridgehead atoms. The molecule has 1 fully saturated rings. The summed E-state index contributed by atoms with van der Waals surface area (Å²) in [5, 5.41) is 0. The van der Waals surface area contributed by atoms with Crippen molar-refractivity contribution in [2.45, 2.75) is 42.8 Å². The molecule has 2 atom stereocenters. The van der Waals surface area contributed by atoms with Gasteiger partial charge in [-0.15, -0.1) is 0 Å². The Kier molecular flexibility index (Phi) is 3.95. The molecule has 0 aromatic heterocycles. The van der Waals surface area contributed by atoms with Gasteiger partial charge in [0, 0.05) is 10.9 Å². The van der Waals surface area contributed by atoms with Gasteiger partial charge in [0.15, 0.2) is 0 Å². The van der Waals surface area contributed by atoms with E-state index in [1.807, 2.05) is 0 Å². The summed E-state index contributed by atoms with van der Waals surface area (Å²) < 4.78 is 26.3. The second-order valence-corrected chi connectivity index (χ2v) is 5.64. The van der Waals surface area contributed by atoms with Crippen molar-refractivity contribution in [1.82, 2.24) is 0 Å². The molecule has 0 saturated heterocycles. The number of hydrogen-bond donors (Lipinski definition) is 0. The third kappa shape index (κ3) is 2.82. The Morgan fingerprint density at radius 3 is 2.25 bits per heavy atom. The van der Waals surface area contributed by atoms with E-state index >= 15 is 0 Å². The standard InChI is InChI=1S/C13H15BrF2/c14-13-5-3-1-2-4-12(13)9-6-10(15)8-11(16)7-9/h6-8,12-13H,1-5H2. The van der Waals surface area contributed by atoms with E-state index in [-0.39, 0.29) is 5.92 Å². The van der Waals surface area contributed by atoms with Crippen molar-refractivity contribution in [1.29, 1.82) is 0 Å². The van der Waals surface area contributed by atoms with Crippen LogP contribution in [0.3, 0.4) is 0 Å². The van der Waals surface area contributed by atoms with Gasteiger partial charge in [-0.2, -0.15) is 0 Å². The van der Waals surface area contributed by atoms with Crippen LogP contribution in [0.4, 0.5) is 8.78 Å². The fourth-order valence-corrected chi connectivity index (χ4v) is 3.32. The van der Waals surface area contributed by atoms with Crippen LogP contribution in [0.5, 0.6) is 0 Å². The van der Waals surface area contributed by atoms with E-state index < -0.39 is 11.6 Å². The van der Waals surface area contributed by atoms with E-state index in [4.69, 9.17) is 0 Å². The zero-order chi connectivity index (χ0) is 11.5. The zero-order valence-electron chi connectivity index (χ0n) is 9.06. The first-order valence-electron chi connectivity index (χ1n) is 5.77. The molecule has 1 saturated carbocycles. The maximum Gasteiger partial charge on any atom is 0.126 e. The molecule has 0 N–H and O–H groups in total. The minimum absolute atomic E-state index is 0.243. The Morgan fingerprint density at radius 2 is 1.56 bits per heavy atom. The molecule has 1 aliphatic carbocycles. The van der Waals surface area contributed by atoms with Gasteiger partial charge in [-0.1, -0.05) is 35.2 Å². The molecule has 1 aliphatic rings. The Balaban J connectivity index is 2.26. The molecule has 1 aromatic rings. The fourth-order valence-electron chi connectivity index (χ4n) is 2.43. The molecular weight excluding hydrogens is 274 g/mol. The van der Waals surface area contributed by atoms with Crippen molar-refractivity contribution in [3.8, 4) is 0 Å². The lowest BCUT2D eigenvalue weighted by molar-refractivity contribution is 0.560. The maximum atomic E-state index is 13.2. The third-order valence-electron chi connectivity index (χ3n) is 3.24. The van der Waals surface area contributed by atoms with Crippen LogP contribution < -0.4 is 0 Å². The molecule has 0 heterocycles. The average molecular weight is 289 g/mol. The highest BCUT2D eigenvalue weighted by Crippen LogP contribution is 2.36. The number of halogens is 3. The van der Waals surface area contributed by atoms with Gasteiger partial charge in [0.05, 0.1) is 0 Å². The quantitative estimate of drug-likeness (QED) is 0.515. The highest BCUT2D eigenvalue weighted by atomic mass is 79.9. The smallest absolute Gasteiger partial charge is 0.126 e. The molecule has 0 nitrogen and oxygen atoms in total. The lowest BCUT2D eigenvalue weighted by Crippen LogP contribution is -2.11. The first-order valence-corrected chi connectivity index (χ1v) is 6.68. The SMILES string of the molecule is Fc1cc(F)cc(C2CCCCCC2Br)c1. The summed E-state index contributed by atoms with van der Waals surface area (Å²) >= 11 is 3.65. The van der Waals surface area contributed by atoms with Gasteiger partial charge in [0.1, 0.15) is 11.6 Å². The summed E-state index contributed by atoms with van der Waals surface area (Å²) in [5.74, 6) is -0.703. The highest BCUT2D eigenvalue weighted by Gasteiger charge is 2.23. The first-order chi connectivity index (χ1) is 7.66. The summed E-state index contributed by atoms with van der Waals surface area (Å²) in [4.78, 5) is 0.344. The highest BCUT2D eigenvalue weighted by molar-refractivity contribution is 9.09. The Morgan fingerprint density at radius 1 is 0.938 bits per heavy atom. The lowest BCUT2D eigenvalue weighted by atomic mass is 9.91. The number of benzene rings is 1. The van der Waals surface area contributed by atoms with Crippen molar-refractivity contribution in [3.63, 3.8) is 0 Å². The molecular formula is C13H15BrF2. The number of hydrogen-bond acceptors (Lipinski definition) is 0. The van der Waals surface area contributed by atoms with E-state index in [2.05, 4.69) is 15.9 Å². The summed E-state index contributed by atoms with van der Waals surface area (Å²) in [6.07, 6.45) is 5.66. The van der Waals surface area contributed by atoms with Gasteiger partial charge >= 0.3 is 0 Å². The summed E-state index contributed by atoms with van der Waals surface area (Å²) in [5.41, 5.74) is 0.793. The molecule has 0 spiro atoms. The second kappa shape index (κ2) is 5.26. The molecule has 3 heteroatoms. The van der Waals surface area contributed by atoms with Crippen LogP contribution in [0.25, 0.3) is 0 Å². The normalized spacial score (nSPS) is 26.4. The summed E-state index contributed by atoms with van der Waals surface area (Å²) in [7, 11) is 0. The van der Waals surface area contributed by atoms with E-state index in [1.54, 1.807) is 0 Å². The maximum absolute atomic E-state index is 13.2. The summed E-state index contributed by atoms with van der Waals surface area (Å²) in [6.45, 7) is 0. The zero-order valence-corrected chi connectivity index (χ0v) is 10.6. The summed E-state index contributed by atoms with van der Waals surface area (Å²) in [6, 6.07) is 3.87. The van der Waals surface area contributed by atoms with Crippen molar-refractivity contribution in [3.05, 3.63) is 35.4 Å². The van der Waals surface area contributed by atoms with E-state index in [0.717, 1.165) is 30.9 Å². The topological polar surface area (TPSA) is 0 Å². The molecule has 2 rings (SSSR count). The molecule has 0 amide bonds. The Hall–Kier alpha value is -0.440. The number of rotatable bonds is 1. The fraction of sp³-hybridized carbons (Fsp3) is 0.538. The lowest BCUT2D eigenvalue weighted by Gasteiger charge is -2.20.